The van der Waals surface area contributed by atoms with Crippen molar-refractivity contribution in [1.29, 1.82) is 0 Å². The summed E-state index contributed by atoms with van der Waals surface area (Å²) in [6, 6.07) is 19.9. The monoisotopic (exact) mass is 574 g/mol. The molecule has 0 aliphatic heterocycles. The van der Waals surface area contributed by atoms with Gasteiger partial charge in [-0.05, 0) is 35.4 Å². The third-order valence-corrected chi connectivity index (χ3v) is 7.56. The van der Waals surface area contributed by atoms with E-state index >= 15 is 0 Å². The number of carbonyl (C=O) groups excluding carboxylic acids is 1. The molecule has 0 saturated carbocycles. The van der Waals surface area contributed by atoms with Gasteiger partial charge in [0.05, 0.1) is 22.3 Å². The van der Waals surface area contributed by atoms with Crippen LogP contribution >= 0.6 is 31.9 Å². The minimum absolute atomic E-state index is 0.0320. The third-order valence-electron chi connectivity index (χ3n) is 4.85. The van der Waals surface area contributed by atoms with E-state index in [1.54, 1.807) is 36.4 Å². The van der Waals surface area contributed by atoms with Gasteiger partial charge in [-0.25, -0.2) is 0 Å². The molecule has 0 aromatic heterocycles. The quantitative estimate of drug-likeness (QED) is 0.158. The number of alkyl halides is 2. The van der Waals surface area contributed by atoms with Crippen LogP contribution in [-0.4, -0.2) is 29.4 Å². The number of hydrogen-bond acceptors (Lipinski definition) is 5. The zero-order valence-corrected chi connectivity index (χ0v) is 21.2. The van der Waals surface area contributed by atoms with Gasteiger partial charge >= 0.3 is 0 Å². The summed E-state index contributed by atoms with van der Waals surface area (Å²) in [5.74, 6) is 1.21. The van der Waals surface area contributed by atoms with Crippen LogP contribution in [0.25, 0.3) is 0 Å². The van der Waals surface area contributed by atoms with Gasteiger partial charge in [0.2, 0.25) is 0 Å². The van der Waals surface area contributed by atoms with Gasteiger partial charge in [-0.15, -0.1) is 0 Å². The van der Waals surface area contributed by atoms with Gasteiger partial charge in [-0.1, -0.05) is 80.9 Å². The Labute approximate surface area is 210 Å². The summed E-state index contributed by atoms with van der Waals surface area (Å²) in [5, 5.41) is 9.85. The van der Waals surface area contributed by atoms with Crippen LogP contribution < -0.4 is 14.2 Å². The highest BCUT2D eigenvalue weighted by atomic mass is 79.9. The van der Waals surface area contributed by atoms with Crippen molar-refractivity contribution in [2.45, 2.75) is 16.3 Å². The smallest absolute Gasteiger partial charge is 0.181 e. The van der Waals surface area contributed by atoms with Crippen molar-refractivity contribution in [3.8, 4) is 23.0 Å². The normalized spacial score (nSPS) is 12.5. The van der Waals surface area contributed by atoms with Crippen LogP contribution in [0.1, 0.15) is 26.3 Å². The van der Waals surface area contributed by atoms with E-state index in [1.165, 1.54) is 13.2 Å². The average Bonchev–Trinajstić information content (AvgIpc) is 2.85. The van der Waals surface area contributed by atoms with Gasteiger partial charge in [0.25, 0.3) is 0 Å². The number of hydrogen-bond donors (Lipinski definition) is 1. The summed E-state index contributed by atoms with van der Waals surface area (Å²) < 4.78 is 16.8. The van der Waals surface area contributed by atoms with E-state index in [9.17, 15) is 9.90 Å². The first-order valence-electron chi connectivity index (χ1n) is 10.2. The van der Waals surface area contributed by atoms with Gasteiger partial charge in [0.1, 0.15) is 24.7 Å². The van der Waals surface area contributed by atoms with Crippen LogP contribution in [0.5, 0.6) is 23.0 Å². The Balaban J connectivity index is 1.81. The molecule has 3 aromatic carbocycles. The molecule has 0 spiro atoms. The Bertz CT molecular complexity index is 1100. The minimum Gasteiger partial charge on any atom is -0.504 e. The van der Waals surface area contributed by atoms with Gasteiger partial charge in [-0.3, -0.25) is 4.79 Å². The highest BCUT2D eigenvalue weighted by molar-refractivity contribution is 9.12. The highest BCUT2D eigenvalue weighted by Gasteiger charge is 2.29. The summed E-state index contributed by atoms with van der Waals surface area (Å²) in [6.07, 6.45) is 1.62. The molecule has 2 atom stereocenters. The lowest BCUT2D eigenvalue weighted by Gasteiger charge is -2.19. The molecule has 1 N–H and O–H groups in total. The number of rotatable bonds is 11. The number of ether oxygens (including phenoxy) is 3. The zero-order chi connectivity index (χ0) is 23.8. The molecule has 3 rings (SSSR count). The summed E-state index contributed by atoms with van der Waals surface area (Å²) in [4.78, 5) is 12.4. The first-order valence-corrected chi connectivity index (χ1v) is 12.0. The number of phenols is 1. The fourth-order valence-corrected chi connectivity index (χ4v) is 4.20. The van der Waals surface area contributed by atoms with E-state index in [1.807, 2.05) is 30.3 Å². The van der Waals surface area contributed by atoms with Gasteiger partial charge in [0.15, 0.2) is 17.3 Å². The van der Waals surface area contributed by atoms with Crippen molar-refractivity contribution in [2.24, 2.45) is 0 Å². The maximum absolute atomic E-state index is 13.4. The highest BCUT2D eigenvalue weighted by Crippen LogP contribution is 2.39. The van der Waals surface area contributed by atoms with Crippen molar-refractivity contribution in [2.75, 3.05) is 13.7 Å². The fraction of sp³-hybridized carbons (Fsp3) is 0.192. The molecule has 0 fully saturated rings. The van der Waals surface area contributed by atoms with Crippen LogP contribution in [0.2, 0.25) is 0 Å². The second-order valence-electron chi connectivity index (χ2n) is 7.13. The van der Waals surface area contributed by atoms with Crippen LogP contribution in [0.4, 0.5) is 0 Å². The zero-order valence-electron chi connectivity index (χ0n) is 18.0. The molecule has 0 bridgehead atoms. The number of Topliss-reactive ketones (excluding diaryl/α,β-unsaturated/α-hetero) is 1. The molecule has 2 unspecified atom stereocenters. The maximum atomic E-state index is 13.4. The lowest BCUT2D eigenvalue weighted by molar-refractivity contribution is 0.0987. The first-order chi connectivity index (χ1) is 15.9. The fourth-order valence-electron chi connectivity index (χ4n) is 3.12. The number of ketones is 1. The molecule has 0 aliphatic carbocycles. The predicted octanol–water partition coefficient (Wildman–Crippen LogP) is 6.63. The van der Waals surface area contributed by atoms with E-state index in [0.717, 1.165) is 11.1 Å². The summed E-state index contributed by atoms with van der Waals surface area (Å²) in [5.41, 5.74) is 2.23. The molecule has 0 radical (unpaired) electrons. The lowest BCUT2D eigenvalue weighted by Crippen LogP contribution is -2.20. The molecule has 0 amide bonds. The van der Waals surface area contributed by atoms with Crippen LogP contribution in [0, 0.1) is 0 Å². The van der Waals surface area contributed by atoms with Gasteiger partial charge < -0.3 is 19.3 Å². The van der Waals surface area contributed by atoms with E-state index in [4.69, 9.17) is 14.2 Å². The molecule has 0 aliphatic rings. The lowest BCUT2D eigenvalue weighted by atomic mass is 10.0. The first kappa shape index (κ1) is 24.9. The molecule has 7 heteroatoms. The van der Waals surface area contributed by atoms with Crippen LogP contribution in [-0.2, 0) is 6.61 Å². The maximum Gasteiger partial charge on any atom is 0.181 e. The van der Waals surface area contributed by atoms with Crippen molar-refractivity contribution in [1.82, 2.24) is 0 Å². The van der Waals surface area contributed by atoms with Crippen LogP contribution in [0.15, 0.2) is 79.4 Å². The van der Waals surface area contributed by atoms with E-state index in [0.29, 0.717) is 29.4 Å². The van der Waals surface area contributed by atoms with Crippen LogP contribution in [0.3, 0.4) is 0 Å². The summed E-state index contributed by atoms with van der Waals surface area (Å²) >= 11 is 7.12. The van der Waals surface area contributed by atoms with E-state index in [-0.39, 0.29) is 23.0 Å². The van der Waals surface area contributed by atoms with Gasteiger partial charge in [-0.2, -0.15) is 0 Å². The van der Waals surface area contributed by atoms with E-state index < -0.39 is 4.83 Å². The Hall–Kier alpha value is -2.77. The minimum atomic E-state index is -0.603. The summed E-state index contributed by atoms with van der Waals surface area (Å²) in [7, 11) is 1.48. The molecule has 33 heavy (non-hydrogen) atoms. The number of carbonyl (C=O) groups is 1. The Morgan fingerprint density at radius 1 is 1.03 bits per heavy atom. The Morgan fingerprint density at radius 2 is 1.79 bits per heavy atom. The second kappa shape index (κ2) is 11.9. The van der Waals surface area contributed by atoms with Crippen molar-refractivity contribution in [3.05, 3.63) is 96.1 Å². The van der Waals surface area contributed by atoms with Crippen molar-refractivity contribution < 1.29 is 24.1 Å². The molecular formula is C26H24Br2O5. The topological polar surface area (TPSA) is 65.0 Å². The molecule has 5 nitrogen and oxygen atoms in total. The number of phenolic OH excluding ortho intramolecular Hbond substituents is 1. The standard InChI is InChI=1S/C26H24Br2O5/c1-3-13-32-22-15-19(33-16-17-7-5-4-6-8-17)10-11-20(22)26(30)25(28)24(27)18-9-12-21(29)23(14-18)31-2/h3-12,14-15,24-25,29H,1,13,16H2,2H3. The second-order valence-corrected chi connectivity index (χ2v) is 9.10. The van der Waals surface area contributed by atoms with Crippen molar-refractivity contribution in [3.63, 3.8) is 0 Å². The molecular weight excluding hydrogens is 552 g/mol. The van der Waals surface area contributed by atoms with E-state index in [2.05, 4.69) is 38.4 Å². The van der Waals surface area contributed by atoms with Gasteiger partial charge in [0, 0.05) is 6.07 Å². The third kappa shape index (κ3) is 6.39. The molecule has 0 saturated heterocycles. The largest absolute Gasteiger partial charge is 0.504 e. The Morgan fingerprint density at radius 3 is 2.48 bits per heavy atom. The SMILES string of the molecule is C=CCOc1cc(OCc2ccccc2)ccc1C(=O)C(Br)C(Br)c1ccc(O)c(OC)c1. The van der Waals surface area contributed by atoms with Crippen molar-refractivity contribution >= 4 is 37.6 Å². The molecule has 172 valence electrons. The average molecular weight is 576 g/mol. The number of methoxy groups -OCH3 is 1. The molecule has 0 heterocycles. The summed E-state index contributed by atoms with van der Waals surface area (Å²) in [6.45, 7) is 4.34. The number of aromatic hydroxyl groups is 1. The number of halogens is 2. The predicted molar refractivity (Wildman–Crippen MR) is 136 cm³/mol. The number of benzene rings is 3. The Kier molecular flexibility index (Phi) is 8.97. The molecule has 3 aromatic rings.